The molecule has 0 unspecified atom stereocenters. The molecule has 0 saturated heterocycles. The topological polar surface area (TPSA) is 66.5 Å². The molecule has 2 amide bonds. The summed E-state index contributed by atoms with van der Waals surface area (Å²) in [6, 6.07) is 3.30. The van der Waals surface area contributed by atoms with Gasteiger partial charge in [0, 0.05) is 25.6 Å². The van der Waals surface area contributed by atoms with E-state index in [1.54, 1.807) is 6.07 Å². The summed E-state index contributed by atoms with van der Waals surface area (Å²) in [5.41, 5.74) is 0.974. The predicted molar refractivity (Wildman–Crippen MR) is 69.4 cm³/mol. The van der Waals surface area contributed by atoms with Crippen molar-refractivity contribution in [3.63, 3.8) is 0 Å². The maximum absolute atomic E-state index is 13.2. The summed E-state index contributed by atoms with van der Waals surface area (Å²) in [5, 5.41) is 2.49. The van der Waals surface area contributed by atoms with Crippen LogP contribution < -0.4 is 5.32 Å². The summed E-state index contributed by atoms with van der Waals surface area (Å²) in [6.07, 6.45) is 1.15. The van der Waals surface area contributed by atoms with Crippen molar-refractivity contribution in [2.45, 2.75) is 25.4 Å². The van der Waals surface area contributed by atoms with Crippen molar-refractivity contribution >= 4 is 18.1 Å². The van der Waals surface area contributed by atoms with Gasteiger partial charge in [-0.15, -0.1) is 0 Å². The Morgan fingerprint density at radius 3 is 2.95 bits per heavy atom. The second kappa shape index (κ2) is 5.81. The second-order valence-corrected chi connectivity index (χ2v) is 4.61. The van der Waals surface area contributed by atoms with Crippen LogP contribution in [0.1, 0.15) is 28.8 Å². The summed E-state index contributed by atoms with van der Waals surface area (Å²) < 4.78 is 13.2. The highest BCUT2D eigenvalue weighted by Crippen LogP contribution is 2.26. The van der Waals surface area contributed by atoms with E-state index in [4.69, 9.17) is 0 Å². The largest absolute Gasteiger partial charge is 0.357 e. The van der Waals surface area contributed by atoms with Crippen LogP contribution in [0.5, 0.6) is 0 Å². The molecule has 1 aromatic carbocycles. The number of hydrogen-bond acceptors (Lipinski definition) is 3. The van der Waals surface area contributed by atoms with Crippen molar-refractivity contribution in [1.82, 2.24) is 10.2 Å². The Balaban J connectivity index is 2.26. The van der Waals surface area contributed by atoms with Gasteiger partial charge in [0.2, 0.25) is 5.91 Å². The number of rotatable bonds is 5. The smallest absolute Gasteiger partial charge is 0.255 e. The molecule has 0 saturated carbocycles. The molecule has 20 heavy (non-hydrogen) atoms. The zero-order chi connectivity index (χ0) is 14.7. The fraction of sp³-hybridized carbons (Fsp3) is 0.357. The molecule has 1 aliphatic rings. The Morgan fingerprint density at radius 2 is 2.30 bits per heavy atom. The van der Waals surface area contributed by atoms with Gasteiger partial charge in [-0.1, -0.05) is 6.07 Å². The van der Waals surface area contributed by atoms with Crippen LogP contribution >= 0.6 is 0 Å². The number of halogens is 1. The highest BCUT2D eigenvalue weighted by atomic mass is 19.1. The van der Waals surface area contributed by atoms with Crippen LogP contribution in [0, 0.1) is 5.82 Å². The molecule has 2 rings (SSSR count). The Morgan fingerprint density at radius 1 is 1.55 bits per heavy atom. The molecule has 1 aliphatic heterocycles. The Labute approximate surface area is 115 Å². The third-order valence-electron chi connectivity index (χ3n) is 3.39. The molecule has 1 atom stereocenters. The third-order valence-corrected chi connectivity index (χ3v) is 3.39. The van der Waals surface area contributed by atoms with Crippen molar-refractivity contribution in [2.24, 2.45) is 0 Å². The fourth-order valence-corrected chi connectivity index (χ4v) is 2.37. The summed E-state index contributed by atoms with van der Waals surface area (Å²) in [6.45, 7) is 0.255. The normalized spacial score (nSPS) is 14.9. The lowest BCUT2D eigenvalue weighted by Gasteiger charge is -2.25. The van der Waals surface area contributed by atoms with Crippen molar-refractivity contribution in [3.05, 3.63) is 35.1 Å². The minimum atomic E-state index is -0.715. The number of benzene rings is 1. The number of nitrogens with zero attached hydrogens (tertiary/aromatic N) is 1. The molecule has 0 aliphatic carbocycles. The minimum absolute atomic E-state index is 0.187. The van der Waals surface area contributed by atoms with E-state index in [-0.39, 0.29) is 36.8 Å². The maximum Gasteiger partial charge on any atom is 0.255 e. The van der Waals surface area contributed by atoms with Gasteiger partial charge in [-0.25, -0.2) is 4.39 Å². The molecule has 0 spiro atoms. The lowest BCUT2D eigenvalue weighted by Crippen LogP contribution is -2.46. The molecule has 0 radical (unpaired) electrons. The highest BCUT2D eigenvalue weighted by molar-refractivity contribution is 6.01. The molecule has 6 heteroatoms. The molecule has 1 N–H and O–H groups in total. The number of fused-ring (bicyclic) bond motifs is 1. The van der Waals surface area contributed by atoms with E-state index in [0.29, 0.717) is 11.8 Å². The number of carbonyl (C=O) groups excluding carboxylic acids is 3. The van der Waals surface area contributed by atoms with Crippen LogP contribution in [0.25, 0.3) is 0 Å². The Bertz CT molecular complexity index is 559. The number of amides is 2. The van der Waals surface area contributed by atoms with E-state index in [1.165, 1.54) is 24.1 Å². The monoisotopic (exact) mass is 278 g/mol. The standard InChI is InChI=1S/C14H15FN2O3/c1-16-13(19)12(3-2-6-18)17-8-9-4-5-10(15)7-11(9)14(17)20/h4-7,12H,2-3,8H2,1H3,(H,16,19)/t12-/m1/s1. The van der Waals surface area contributed by atoms with Gasteiger partial charge in [-0.2, -0.15) is 0 Å². The van der Waals surface area contributed by atoms with E-state index >= 15 is 0 Å². The van der Waals surface area contributed by atoms with Gasteiger partial charge in [0.05, 0.1) is 0 Å². The maximum atomic E-state index is 13.2. The summed E-state index contributed by atoms with van der Waals surface area (Å²) in [5.74, 6) is -1.18. The van der Waals surface area contributed by atoms with E-state index in [9.17, 15) is 18.8 Å². The summed E-state index contributed by atoms with van der Waals surface area (Å²) >= 11 is 0. The third kappa shape index (κ3) is 2.54. The number of hydrogen-bond donors (Lipinski definition) is 1. The second-order valence-electron chi connectivity index (χ2n) is 4.61. The first-order valence-corrected chi connectivity index (χ1v) is 6.33. The van der Waals surface area contributed by atoms with Crippen LogP contribution in [0.15, 0.2) is 18.2 Å². The van der Waals surface area contributed by atoms with Crippen LogP contribution in [0.4, 0.5) is 4.39 Å². The average molecular weight is 278 g/mol. The molecule has 0 aromatic heterocycles. The lowest BCUT2D eigenvalue weighted by atomic mass is 10.1. The molecule has 0 bridgehead atoms. The first-order chi connectivity index (χ1) is 9.58. The average Bonchev–Trinajstić information content (AvgIpc) is 2.76. The number of carbonyl (C=O) groups is 3. The zero-order valence-electron chi connectivity index (χ0n) is 11.1. The number of nitrogens with one attached hydrogen (secondary N) is 1. The minimum Gasteiger partial charge on any atom is -0.357 e. The molecular formula is C14H15FN2O3. The zero-order valence-corrected chi connectivity index (χ0v) is 11.1. The highest BCUT2D eigenvalue weighted by Gasteiger charge is 2.35. The van der Waals surface area contributed by atoms with Gasteiger partial charge in [-0.3, -0.25) is 9.59 Å². The van der Waals surface area contributed by atoms with Crippen LogP contribution in [-0.4, -0.2) is 36.1 Å². The Hall–Kier alpha value is -2.24. The first-order valence-electron chi connectivity index (χ1n) is 6.33. The molecule has 106 valence electrons. The van der Waals surface area contributed by atoms with E-state index in [2.05, 4.69) is 5.32 Å². The van der Waals surface area contributed by atoms with Crippen LogP contribution in [-0.2, 0) is 16.1 Å². The van der Waals surface area contributed by atoms with Gasteiger partial charge in [0.15, 0.2) is 0 Å². The van der Waals surface area contributed by atoms with Crippen molar-refractivity contribution in [2.75, 3.05) is 7.05 Å². The SMILES string of the molecule is CNC(=O)[C@@H](CCC=O)N1Cc2ccc(F)cc2C1=O. The molecule has 5 nitrogen and oxygen atoms in total. The number of likely N-dealkylation sites (N-methyl/N-ethyl adjacent to an activating group) is 1. The van der Waals surface area contributed by atoms with E-state index in [0.717, 1.165) is 0 Å². The molecule has 1 aromatic rings. The summed E-state index contributed by atoms with van der Waals surface area (Å²) in [7, 11) is 1.48. The first kappa shape index (κ1) is 14.2. The quantitative estimate of drug-likeness (QED) is 0.813. The molecule has 0 fully saturated rings. The summed E-state index contributed by atoms with van der Waals surface area (Å²) in [4.78, 5) is 36.0. The van der Waals surface area contributed by atoms with Gasteiger partial charge in [0.1, 0.15) is 18.1 Å². The fourth-order valence-electron chi connectivity index (χ4n) is 2.37. The Kier molecular flexibility index (Phi) is 4.12. The van der Waals surface area contributed by atoms with E-state index in [1.807, 2.05) is 0 Å². The van der Waals surface area contributed by atoms with Crippen molar-refractivity contribution in [1.29, 1.82) is 0 Å². The van der Waals surface area contributed by atoms with Gasteiger partial charge < -0.3 is 15.0 Å². The van der Waals surface area contributed by atoms with Crippen molar-refractivity contribution in [3.8, 4) is 0 Å². The molecule has 1 heterocycles. The van der Waals surface area contributed by atoms with Gasteiger partial charge in [0.25, 0.3) is 5.91 Å². The lowest BCUT2D eigenvalue weighted by molar-refractivity contribution is -0.125. The van der Waals surface area contributed by atoms with Crippen molar-refractivity contribution < 1.29 is 18.8 Å². The van der Waals surface area contributed by atoms with Crippen LogP contribution in [0.2, 0.25) is 0 Å². The van der Waals surface area contributed by atoms with E-state index < -0.39 is 11.9 Å². The van der Waals surface area contributed by atoms with Gasteiger partial charge >= 0.3 is 0 Å². The van der Waals surface area contributed by atoms with Gasteiger partial charge in [-0.05, 0) is 24.1 Å². The van der Waals surface area contributed by atoms with Crippen LogP contribution in [0.3, 0.4) is 0 Å². The predicted octanol–water partition coefficient (Wildman–Crippen LogP) is 0.875. The molecular weight excluding hydrogens is 263 g/mol. The number of aldehydes is 1.